The minimum atomic E-state index is -1.30. The van der Waals surface area contributed by atoms with Crippen LogP contribution in [0.1, 0.15) is 13.3 Å². The van der Waals surface area contributed by atoms with Crippen LogP contribution >= 0.6 is 11.8 Å². The highest BCUT2D eigenvalue weighted by molar-refractivity contribution is 7.99. The van der Waals surface area contributed by atoms with Crippen LogP contribution in [0.3, 0.4) is 0 Å². The molecule has 20 heavy (non-hydrogen) atoms. The van der Waals surface area contributed by atoms with E-state index in [0.29, 0.717) is 5.75 Å². The molecule has 1 aromatic carbocycles. The Bertz CT molecular complexity index is 498. The van der Waals surface area contributed by atoms with Crippen LogP contribution in [0.15, 0.2) is 18.2 Å². The number of hydrogen-bond donors (Lipinski definition) is 2. The van der Waals surface area contributed by atoms with Gasteiger partial charge in [-0.25, -0.2) is 8.78 Å². The lowest BCUT2D eigenvalue weighted by Gasteiger charge is -2.19. The SMILES string of the molecule is CCSC(Nc1ccc(F)c(F)c1)OC(=O)CC(=O)O. The van der Waals surface area contributed by atoms with E-state index in [0.717, 1.165) is 12.1 Å². The van der Waals surface area contributed by atoms with Crippen molar-refractivity contribution in [2.24, 2.45) is 0 Å². The Morgan fingerprint density at radius 3 is 2.65 bits per heavy atom. The zero-order valence-electron chi connectivity index (χ0n) is 10.6. The average molecular weight is 305 g/mol. The largest absolute Gasteiger partial charge is 0.481 e. The summed E-state index contributed by atoms with van der Waals surface area (Å²) >= 11 is 1.17. The number of carbonyl (C=O) groups is 2. The molecule has 0 radical (unpaired) electrons. The van der Waals surface area contributed by atoms with E-state index in [1.165, 1.54) is 17.8 Å². The van der Waals surface area contributed by atoms with Crippen molar-refractivity contribution < 1.29 is 28.2 Å². The number of carbonyl (C=O) groups excluding carboxylic acids is 1. The molecular weight excluding hydrogens is 292 g/mol. The second-order valence-corrected chi connectivity index (χ2v) is 4.96. The number of thioether (sulfide) groups is 1. The van der Waals surface area contributed by atoms with Crippen molar-refractivity contribution in [2.45, 2.75) is 18.9 Å². The highest BCUT2D eigenvalue weighted by Crippen LogP contribution is 2.19. The van der Waals surface area contributed by atoms with Crippen LogP contribution in [-0.4, -0.2) is 28.4 Å². The van der Waals surface area contributed by atoms with E-state index in [-0.39, 0.29) is 5.69 Å². The van der Waals surface area contributed by atoms with Gasteiger partial charge in [0.15, 0.2) is 11.6 Å². The molecule has 8 heteroatoms. The number of hydrogen-bond acceptors (Lipinski definition) is 5. The normalized spacial score (nSPS) is 11.8. The zero-order chi connectivity index (χ0) is 15.1. The molecule has 0 spiro atoms. The van der Waals surface area contributed by atoms with Gasteiger partial charge in [0.1, 0.15) is 6.42 Å². The van der Waals surface area contributed by atoms with Gasteiger partial charge in [0.05, 0.1) is 0 Å². The van der Waals surface area contributed by atoms with Crippen molar-refractivity contribution in [3.63, 3.8) is 0 Å². The van der Waals surface area contributed by atoms with Crippen LogP contribution in [0.5, 0.6) is 0 Å². The lowest BCUT2D eigenvalue weighted by Crippen LogP contribution is -2.25. The third-order valence-corrected chi connectivity index (χ3v) is 2.91. The zero-order valence-corrected chi connectivity index (χ0v) is 11.4. The summed E-state index contributed by atoms with van der Waals surface area (Å²) in [6.07, 6.45) is -0.764. The van der Waals surface area contributed by atoms with E-state index in [2.05, 4.69) is 5.32 Å². The van der Waals surface area contributed by atoms with Crippen LogP contribution in [0.25, 0.3) is 0 Å². The van der Waals surface area contributed by atoms with E-state index in [1.807, 2.05) is 0 Å². The highest BCUT2D eigenvalue weighted by atomic mass is 32.2. The van der Waals surface area contributed by atoms with Crippen LogP contribution in [0.2, 0.25) is 0 Å². The second-order valence-electron chi connectivity index (χ2n) is 3.62. The molecule has 0 aliphatic rings. The third-order valence-electron chi connectivity index (χ3n) is 2.06. The van der Waals surface area contributed by atoms with Gasteiger partial charge in [-0.3, -0.25) is 9.59 Å². The molecule has 0 heterocycles. The van der Waals surface area contributed by atoms with Gasteiger partial charge in [-0.1, -0.05) is 18.7 Å². The fraction of sp³-hybridized carbons (Fsp3) is 0.333. The molecule has 0 fully saturated rings. The van der Waals surface area contributed by atoms with Crippen LogP contribution in [0, 0.1) is 11.6 Å². The molecule has 0 amide bonds. The third kappa shape index (κ3) is 5.43. The molecule has 1 atom stereocenters. The van der Waals surface area contributed by atoms with Crippen molar-refractivity contribution in [3.8, 4) is 0 Å². The predicted octanol–water partition coefficient (Wildman–Crippen LogP) is 2.43. The Kier molecular flexibility index (Phi) is 6.23. The van der Waals surface area contributed by atoms with Gasteiger partial charge in [0.2, 0.25) is 5.56 Å². The van der Waals surface area contributed by atoms with E-state index >= 15 is 0 Å². The van der Waals surface area contributed by atoms with Gasteiger partial charge in [0, 0.05) is 11.8 Å². The number of carboxylic acids is 1. The van der Waals surface area contributed by atoms with Crippen molar-refractivity contribution >= 4 is 29.4 Å². The van der Waals surface area contributed by atoms with Gasteiger partial charge in [0.25, 0.3) is 0 Å². The molecule has 0 aromatic heterocycles. The fourth-order valence-corrected chi connectivity index (χ4v) is 1.96. The Hall–Kier alpha value is -1.83. The summed E-state index contributed by atoms with van der Waals surface area (Å²) in [5.74, 6) is -3.67. The summed E-state index contributed by atoms with van der Waals surface area (Å²) in [5.41, 5.74) is -0.658. The smallest absolute Gasteiger partial charge is 0.319 e. The number of carboxylic acid groups (broad SMARTS) is 1. The number of halogens is 2. The van der Waals surface area contributed by atoms with E-state index in [9.17, 15) is 18.4 Å². The Balaban J connectivity index is 2.68. The molecule has 1 rings (SSSR count). The topological polar surface area (TPSA) is 75.6 Å². The van der Waals surface area contributed by atoms with Crippen molar-refractivity contribution in [2.75, 3.05) is 11.1 Å². The molecule has 110 valence electrons. The number of aliphatic carboxylic acids is 1. The van der Waals surface area contributed by atoms with Crippen molar-refractivity contribution in [1.82, 2.24) is 0 Å². The molecule has 1 aromatic rings. The van der Waals surface area contributed by atoms with Crippen molar-refractivity contribution in [3.05, 3.63) is 29.8 Å². The Morgan fingerprint density at radius 1 is 1.40 bits per heavy atom. The molecule has 0 saturated heterocycles. The van der Waals surface area contributed by atoms with Crippen LogP contribution in [-0.2, 0) is 14.3 Å². The number of rotatable bonds is 7. The summed E-state index contributed by atoms with van der Waals surface area (Å²) in [5, 5.41) is 11.1. The lowest BCUT2D eigenvalue weighted by atomic mass is 10.3. The fourth-order valence-electron chi connectivity index (χ4n) is 1.26. The predicted molar refractivity (Wildman–Crippen MR) is 70.2 cm³/mol. The number of nitrogens with one attached hydrogen (secondary N) is 1. The first-order valence-corrected chi connectivity index (χ1v) is 6.71. The maximum absolute atomic E-state index is 13.0. The summed E-state index contributed by atoms with van der Waals surface area (Å²) in [4.78, 5) is 21.6. The Labute approximate surface area is 118 Å². The maximum atomic E-state index is 13.0. The number of ether oxygens (including phenoxy) is 1. The molecule has 0 aliphatic carbocycles. The number of benzene rings is 1. The quantitative estimate of drug-likeness (QED) is 0.458. The number of anilines is 1. The minimum Gasteiger partial charge on any atom is -0.481 e. The molecule has 0 bridgehead atoms. The molecule has 0 aliphatic heterocycles. The average Bonchev–Trinajstić information content (AvgIpc) is 2.33. The lowest BCUT2D eigenvalue weighted by molar-refractivity contribution is -0.151. The summed E-state index contributed by atoms with van der Waals surface area (Å²) < 4.78 is 30.7. The van der Waals surface area contributed by atoms with Gasteiger partial charge < -0.3 is 15.2 Å². The first-order valence-electron chi connectivity index (χ1n) is 5.66. The van der Waals surface area contributed by atoms with E-state index < -0.39 is 35.6 Å². The minimum absolute atomic E-state index is 0.220. The van der Waals surface area contributed by atoms with Gasteiger partial charge >= 0.3 is 11.9 Å². The Morgan fingerprint density at radius 2 is 2.10 bits per heavy atom. The molecule has 1 unspecified atom stereocenters. The molecule has 2 N–H and O–H groups in total. The second kappa shape index (κ2) is 7.68. The summed E-state index contributed by atoms with van der Waals surface area (Å²) in [6.45, 7) is 1.80. The number of esters is 1. The van der Waals surface area contributed by atoms with Gasteiger partial charge in [-0.05, 0) is 17.9 Å². The van der Waals surface area contributed by atoms with Gasteiger partial charge in [-0.2, -0.15) is 0 Å². The van der Waals surface area contributed by atoms with E-state index in [4.69, 9.17) is 9.84 Å². The van der Waals surface area contributed by atoms with E-state index in [1.54, 1.807) is 6.92 Å². The standard InChI is InChI=1S/C12H13F2NO4S/c1-2-20-12(19-11(18)6-10(16)17)15-7-3-4-8(13)9(14)5-7/h3-5,12,15H,2,6H2,1H3,(H,16,17). The first kappa shape index (κ1) is 16.2. The van der Waals surface area contributed by atoms with Crippen LogP contribution in [0.4, 0.5) is 14.5 Å². The summed E-state index contributed by atoms with van der Waals surface area (Å²) in [7, 11) is 0. The monoisotopic (exact) mass is 305 g/mol. The first-order chi connectivity index (χ1) is 9.42. The molecule has 5 nitrogen and oxygen atoms in total. The van der Waals surface area contributed by atoms with Gasteiger partial charge in [-0.15, -0.1) is 0 Å². The molecule has 0 saturated carbocycles. The van der Waals surface area contributed by atoms with Crippen molar-refractivity contribution in [1.29, 1.82) is 0 Å². The summed E-state index contributed by atoms with van der Waals surface area (Å²) in [6, 6.07) is 3.14. The highest BCUT2D eigenvalue weighted by Gasteiger charge is 2.17. The van der Waals surface area contributed by atoms with Crippen LogP contribution < -0.4 is 5.32 Å². The molecular formula is C12H13F2NO4S. The maximum Gasteiger partial charge on any atom is 0.319 e.